The molecule has 0 unspecified atom stereocenters. The second-order valence-corrected chi connectivity index (χ2v) is 7.41. The fourth-order valence-corrected chi connectivity index (χ4v) is 3.95. The zero-order valence-electron chi connectivity index (χ0n) is 14.8. The number of aromatic nitrogens is 2. The standard InChI is InChI=1S/C17H22F2N4O2S/c1-3-12-4-5-13(26-12)11-22-6-8-23(9-7-22)16(24)14-10-15(21(2)20-14)25-17(18)19/h4-5,10,17H,3,6-9,11H2,1-2H3. The Balaban J connectivity index is 1.55. The summed E-state index contributed by atoms with van der Waals surface area (Å²) < 4.78 is 30.2. The minimum atomic E-state index is -2.94. The lowest BCUT2D eigenvalue weighted by Crippen LogP contribution is -2.48. The number of piperazine rings is 1. The highest BCUT2D eigenvalue weighted by Crippen LogP contribution is 2.20. The van der Waals surface area contributed by atoms with Gasteiger partial charge in [-0.3, -0.25) is 9.69 Å². The van der Waals surface area contributed by atoms with Crippen LogP contribution in [0.5, 0.6) is 5.88 Å². The third-order valence-electron chi connectivity index (χ3n) is 4.37. The van der Waals surface area contributed by atoms with Crippen LogP contribution in [0.1, 0.15) is 27.2 Å². The molecule has 9 heteroatoms. The summed E-state index contributed by atoms with van der Waals surface area (Å²) in [5, 5.41) is 3.99. The molecule has 0 spiro atoms. The zero-order valence-corrected chi connectivity index (χ0v) is 15.6. The average molecular weight is 384 g/mol. The Bertz CT molecular complexity index is 754. The topological polar surface area (TPSA) is 50.6 Å². The molecule has 2 aromatic heterocycles. The number of amides is 1. The first kappa shape index (κ1) is 18.8. The van der Waals surface area contributed by atoms with Gasteiger partial charge in [0.15, 0.2) is 5.69 Å². The fraction of sp³-hybridized carbons (Fsp3) is 0.529. The molecule has 1 fully saturated rings. The molecular formula is C17H22F2N4O2S. The number of hydrogen-bond donors (Lipinski definition) is 0. The van der Waals surface area contributed by atoms with Crippen molar-refractivity contribution in [2.24, 2.45) is 7.05 Å². The van der Waals surface area contributed by atoms with E-state index in [0.29, 0.717) is 13.1 Å². The van der Waals surface area contributed by atoms with Gasteiger partial charge in [0, 0.05) is 55.6 Å². The Morgan fingerprint density at radius 2 is 1.96 bits per heavy atom. The lowest BCUT2D eigenvalue weighted by atomic mass is 10.2. The predicted octanol–water partition coefficient (Wildman–Crippen LogP) is 2.60. The molecule has 1 amide bonds. The predicted molar refractivity (Wildman–Crippen MR) is 94.7 cm³/mol. The van der Waals surface area contributed by atoms with Gasteiger partial charge in [0.2, 0.25) is 5.88 Å². The highest BCUT2D eigenvalue weighted by Gasteiger charge is 2.25. The molecule has 3 heterocycles. The Morgan fingerprint density at radius 3 is 2.58 bits per heavy atom. The van der Waals surface area contributed by atoms with Gasteiger partial charge in [-0.2, -0.15) is 13.9 Å². The second-order valence-electron chi connectivity index (χ2n) is 6.16. The van der Waals surface area contributed by atoms with E-state index in [1.165, 1.54) is 22.9 Å². The largest absolute Gasteiger partial charge is 0.417 e. The zero-order chi connectivity index (χ0) is 18.7. The van der Waals surface area contributed by atoms with Crippen molar-refractivity contribution in [1.82, 2.24) is 19.6 Å². The molecule has 0 aliphatic carbocycles. The first-order chi connectivity index (χ1) is 12.5. The van der Waals surface area contributed by atoms with Crippen molar-refractivity contribution in [3.63, 3.8) is 0 Å². The van der Waals surface area contributed by atoms with Crippen LogP contribution in [0.2, 0.25) is 0 Å². The van der Waals surface area contributed by atoms with Gasteiger partial charge in [0.1, 0.15) is 0 Å². The van der Waals surface area contributed by atoms with Gasteiger partial charge in [-0.25, -0.2) is 4.68 Å². The van der Waals surface area contributed by atoms with E-state index in [1.807, 2.05) is 11.3 Å². The Kier molecular flexibility index (Phi) is 5.87. The Hall–Kier alpha value is -2.00. The molecule has 0 aromatic carbocycles. The van der Waals surface area contributed by atoms with Crippen LogP contribution in [0.25, 0.3) is 0 Å². The highest BCUT2D eigenvalue weighted by molar-refractivity contribution is 7.11. The summed E-state index contributed by atoms with van der Waals surface area (Å²) in [7, 11) is 1.47. The van der Waals surface area contributed by atoms with Gasteiger partial charge in [-0.15, -0.1) is 11.3 Å². The van der Waals surface area contributed by atoms with E-state index < -0.39 is 6.61 Å². The maximum absolute atomic E-state index is 12.5. The first-order valence-corrected chi connectivity index (χ1v) is 9.36. The maximum Gasteiger partial charge on any atom is 0.388 e. The first-order valence-electron chi connectivity index (χ1n) is 8.54. The quantitative estimate of drug-likeness (QED) is 0.768. The molecule has 26 heavy (non-hydrogen) atoms. The van der Waals surface area contributed by atoms with Crippen molar-refractivity contribution >= 4 is 17.2 Å². The summed E-state index contributed by atoms with van der Waals surface area (Å²) in [5.74, 6) is -0.375. The minimum absolute atomic E-state index is 0.119. The molecule has 0 N–H and O–H groups in total. The normalized spacial score (nSPS) is 15.7. The monoisotopic (exact) mass is 384 g/mol. The van der Waals surface area contributed by atoms with Crippen molar-refractivity contribution in [3.8, 4) is 5.88 Å². The number of alkyl halides is 2. The van der Waals surface area contributed by atoms with E-state index in [9.17, 15) is 13.6 Å². The molecule has 2 aromatic rings. The van der Waals surface area contributed by atoms with Gasteiger partial charge in [-0.1, -0.05) is 6.92 Å². The number of aryl methyl sites for hydroxylation is 2. The lowest BCUT2D eigenvalue weighted by molar-refractivity contribution is -0.0553. The SMILES string of the molecule is CCc1ccc(CN2CCN(C(=O)c3cc(OC(F)F)n(C)n3)CC2)s1. The van der Waals surface area contributed by atoms with Crippen molar-refractivity contribution < 1.29 is 18.3 Å². The minimum Gasteiger partial charge on any atom is -0.417 e. The average Bonchev–Trinajstić information content (AvgIpc) is 3.21. The van der Waals surface area contributed by atoms with E-state index in [1.54, 1.807) is 4.90 Å². The number of thiophene rings is 1. The van der Waals surface area contributed by atoms with Crippen LogP contribution >= 0.6 is 11.3 Å². The van der Waals surface area contributed by atoms with Crippen molar-refractivity contribution in [2.75, 3.05) is 26.2 Å². The molecule has 0 bridgehead atoms. The smallest absolute Gasteiger partial charge is 0.388 e. The van der Waals surface area contributed by atoms with E-state index in [4.69, 9.17) is 0 Å². The second kappa shape index (κ2) is 8.13. The maximum atomic E-state index is 12.5. The van der Waals surface area contributed by atoms with Crippen LogP contribution in [0.3, 0.4) is 0 Å². The Labute approximate surface area is 155 Å². The van der Waals surface area contributed by atoms with Crippen LogP contribution in [0.15, 0.2) is 18.2 Å². The van der Waals surface area contributed by atoms with Crippen LogP contribution in [0, 0.1) is 0 Å². The molecule has 142 valence electrons. The summed E-state index contributed by atoms with van der Waals surface area (Å²) in [6, 6.07) is 5.60. The van der Waals surface area contributed by atoms with Crippen LogP contribution < -0.4 is 4.74 Å². The number of carbonyl (C=O) groups is 1. The van der Waals surface area contributed by atoms with Gasteiger partial charge in [-0.05, 0) is 18.6 Å². The summed E-state index contributed by atoms with van der Waals surface area (Å²) in [4.78, 5) is 19.3. The number of hydrogen-bond acceptors (Lipinski definition) is 5. The van der Waals surface area contributed by atoms with Gasteiger partial charge < -0.3 is 9.64 Å². The van der Waals surface area contributed by atoms with E-state index >= 15 is 0 Å². The number of nitrogens with zero attached hydrogens (tertiary/aromatic N) is 4. The van der Waals surface area contributed by atoms with Crippen LogP contribution in [-0.2, 0) is 20.0 Å². The summed E-state index contributed by atoms with van der Waals surface area (Å²) in [6.45, 7) is 2.83. The molecule has 1 aliphatic heterocycles. The van der Waals surface area contributed by atoms with Crippen molar-refractivity contribution in [3.05, 3.63) is 33.6 Å². The summed E-state index contributed by atoms with van der Waals surface area (Å²) in [5.41, 5.74) is 0.127. The number of carbonyl (C=O) groups excluding carboxylic acids is 1. The third-order valence-corrected chi connectivity index (χ3v) is 5.58. The van der Waals surface area contributed by atoms with Gasteiger partial charge >= 0.3 is 6.61 Å². The third kappa shape index (κ3) is 4.39. The Morgan fingerprint density at radius 1 is 1.27 bits per heavy atom. The molecule has 1 aliphatic rings. The molecular weight excluding hydrogens is 362 g/mol. The van der Waals surface area contributed by atoms with Crippen molar-refractivity contribution in [2.45, 2.75) is 26.5 Å². The lowest BCUT2D eigenvalue weighted by Gasteiger charge is -2.34. The fourth-order valence-electron chi connectivity index (χ4n) is 2.94. The molecule has 6 nitrogen and oxygen atoms in total. The number of rotatable bonds is 6. The van der Waals surface area contributed by atoms with E-state index in [2.05, 4.69) is 33.8 Å². The van der Waals surface area contributed by atoms with E-state index in [-0.39, 0.29) is 17.5 Å². The molecule has 0 saturated carbocycles. The molecule has 0 radical (unpaired) electrons. The van der Waals surface area contributed by atoms with Crippen LogP contribution in [-0.4, -0.2) is 58.3 Å². The molecule has 1 saturated heterocycles. The molecule has 0 atom stereocenters. The highest BCUT2D eigenvalue weighted by atomic mass is 32.1. The number of ether oxygens (including phenoxy) is 1. The molecule has 3 rings (SSSR count). The van der Waals surface area contributed by atoms with Gasteiger partial charge in [0.05, 0.1) is 0 Å². The van der Waals surface area contributed by atoms with Crippen molar-refractivity contribution in [1.29, 1.82) is 0 Å². The summed E-state index contributed by atoms with van der Waals surface area (Å²) >= 11 is 1.83. The summed E-state index contributed by atoms with van der Waals surface area (Å²) in [6.07, 6.45) is 1.05. The van der Waals surface area contributed by atoms with E-state index in [0.717, 1.165) is 30.7 Å². The van der Waals surface area contributed by atoms with Gasteiger partial charge in [0.25, 0.3) is 5.91 Å². The number of halogens is 2. The van der Waals surface area contributed by atoms with Crippen LogP contribution in [0.4, 0.5) is 8.78 Å².